The van der Waals surface area contributed by atoms with Gasteiger partial charge in [0.25, 0.3) is 5.91 Å². The number of nitrogens with zero attached hydrogens (tertiary/aromatic N) is 1. The molecule has 0 aliphatic carbocycles. The summed E-state index contributed by atoms with van der Waals surface area (Å²) in [6, 6.07) is 0.237. The van der Waals surface area contributed by atoms with Crippen LogP contribution in [0, 0.1) is 0 Å². The summed E-state index contributed by atoms with van der Waals surface area (Å²) < 4.78 is 0. The number of aromatic nitrogens is 2. The van der Waals surface area contributed by atoms with E-state index < -0.39 is 0 Å². The van der Waals surface area contributed by atoms with Gasteiger partial charge >= 0.3 is 5.69 Å². The molecule has 2 rings (SSSR count). The average Bonchev–Trinajstić information content (AvgIpc) is 2.47. The fourth-order valence-electron chi connectivity index (χ4n) is 1.35. The van der Waals surface area contributed by atoms with Gasteiger partial charge in [-0.15, -0.1) is 0 Å². The molecule has 76 valence electrons. The van der Waals surface area contributed by atoms with E-state index in [0.29, 0.717) is 5.69 Å². The number of hydrogen-bond donors (Lipinski definition) is 3. The maximum atomic E-state index is 11.7. The highest BCUT2D eigenvalue weighted by atomic mass is 16.2. The Hall–Kier alpha value is -1.56. The van der Waals surface area contributed by atoms with E-state index in [2.05, 4.69) is 15.3 Å². The average molecular weight is 196 g/mol. The first-order chi connectivity index (χ1) is 6.68. The molecule has 1 aromatic rings. The summed E-state index contributed by atoms with van der Waals surface area (Å²) in [5.41, 5.74) is -0.0436. The minimum Gasteiger partial charge on any atom is -0.335 e. The fourth-order valence-corrected chi connectivity index (χ4v) is 1.35. The number of carbonyl (C=O) groups is 1. The first kappa shape index (κ1) is 9.01. The number of nitrogens with one attached hydrogen (secondary N) is 3. The smallest absolute Gasteiger partial charge is 0.323 e. The van der Waals surface area contributed by atoms with Crippen molar-refractivity contribution in [3.05, 3.63) is 22.4 Å². The molecule has 1 aliphatic heterocycles. The Morgan fingerprint density at radius 2 is 2.29 bits per heavy atom. The zero-order valence-corrected chi connectivity index (χ0v) is 7.83. The van der Waals surface area contributed by atoms with Crippen LogP contribution < -0.4 is 11.0 Å². The van der Waals surface area contributed by atoms with Crippen LogP contribution in [0.25, 0.3) is 0 Å². The van der Waals surface area contributed by atoms with Crippen molar-refractivity contribution in [1.82, 2.24) is 20.2 Å². The molecule has 0 bridgehead atoms. The lowest BCUT2D eigenvalue weighted by Crippen LogP contribution is -2.57. The second kappa shape index (κ2) is 3.30. The van der Waals surface area contributed by atoms with Gasteiger partial charge in [-0.25, -0.2) is 4.79 Å². The van der Waals surface area contributed by atoms with Crippen molar-refractivity contribution in [3.63, 3.8) is 0 Å². The van der Waals surface area contributed by atoms with Crippen LogP contribution in [-0.4, -0.2) is 47.0 Å². The van der Waals surface area contributed by atoms with Gasteiger partial charge in [0.15, 0.2) is 0 Å². The van der Waals surface area contributed by atoms with E-state index in [9.17, 15) is 9.59 Å². The summed E-state index contributed by atoms with van der Waals surface area (Å²) in [4.78, 5) is 29.0. The minimum absolute atomic E-state index is 0.158. The van der Waals surface area contributed by atoms with Gasteiger partial charge in [0.05, 0.1) is 6.04 Å². The van der Waals surface area contributed by atoms with E-state index >= 15 is 0 Å². The summed E-state index contributed by atoms with van der Waals surface area (Å²) >= 11 is 0. The normalized spacial score (nSPS) is 16.4. The molecule has 1 amide bonds. The van der Waals surface area contributed by atoms with E-state index in [1.54, 1.807) is 11.9 Å². The highest BCUT2D eigenvalue weighted by Gasteiger charge is 2.26. The summed E-state index contributed by atoms with van der Waals surface area (Å²) in [6.07, 6.45) is 1.40. The van der Waals surface area contributed by atoms with Gasteiger partial charge in [-0.05, 0) is 0 Å². The number of imidazole rings is 1. The minimum atomic E-state index is -0.353. The maximum absolute atomic E-state index is 11.7. The summed E-state index contributed by atoms with van der Waals surface area (Å²) in [7, 11) is 1.74. The number of likely N-dealkylation sites (N-methyl/N-ethyl adjacent to an activating group) is 1. The Labute approximate surface area is 80.3 Å². The van der Waals surface area contributed by atoms with Crippen molar-refractivity contribution in [2.75, 3.05) is 20.1 Å². The third-order valence-corrected chi connectivity index (χ3v) is 2.45. The topological polar surface area (TPSA) is 81.0 Å². The predicted molar refractivity (Wildman–Crippen MR) is 50.2 cm³/mol. The second-order valence-electron chi connectivity index (χ2n) is 3.38. The van der Waals surface area contributed by atoms with Crippen LogP contribution in [0.4, 0.5) is 0 Å². The number of amides is 1. The molecule has 1 aliphatic rings. The largest absolute Gasteiger partial charge is 0.335 e. The van der Waals surface area contributed by atoms with E-state index in [1.807, 2.05) is 0 Å². The van der Waals surface area contributed by atoms with Crippen molar-refractivity contribution in [2.24, 2.45) is 0 Å². The van der Waals surface area contributed by atoms with Crippen molar-refractivity contribution >= 4 is 5.91 Å². The van der Waals surface area contributed by atoms with Gasteiger partial charge in [0.2, 0.25) is 0 Å². The second-order valence-corrected chi connectivity index (χ2v) is 3.38. The number of carbonyl (C=O) groups excluding carboxylic acids is 1. The number of hydrogen-bond acceptors (Lipinski definition) is 3. The lowest BCUT2D eigenvalue weighted by molar-refractivity contribution is 0.0675. The maximum Gasteiger partial charge on any atom is 0.323 e. The third kappa shape index (κ3) is 1.44. The first-order valence-corrected chi connectivity index (χ1v) is 4.44. The molecule has 0 atom stereocenters. The molecule has 14 heavy (non-hydrogen) atoms. The zero-order valence-electron chi connectivity index (χ0n) is 7.83. The summed E-state index contributed by atoms with van der Waals surface area (Å²) in [5.74, 6) is -0.158. The number of aromatic amines is 2. The van der Waals surface area contributed by atoms with E-state index in [0.717, 1.165) is 13.1 Å². The molecule has 0 aromatic carbocycles. The number of H-pyrrole nitrogens is 2. The molecular formula is C8H12N4O2. The molecule has 6 heteroatoms. The molecule has 2 heterocycles. The molecule has 0 saturated carbocycles. The molecule has 6 nitrogen and oxygen atoms in total. The summed E-state index contributed by atoms with van der Waals surface area (Å²) in [6.45, 7) is 1.63. The molecule has 3 N–H and O–H groups in total. The lowest BCUT2D eigenvalue weighted by Gasteiger charge is -2.35. The van der Waals surface area contributed by atoms with Gasteiger partial charge in [-0.2, -0.15) is 0 Å². The SMILES string of the molecule is CN(C(=O)c1c[nH]c(=O)[nH]1)C1CNC1. The standard InChI is InChI=1S/C8H12N4O2/c1-12(5-2-9-3-5)7(13)6-4-10-8(14)11-6/h4-5,9H,2-3H2,1H3,(H2,10,11,14). The van der Waals surface area contributed by atoms with Crippen LogP contribution >= 0.6 is 0 Å². The van der Waals surface area contributed by atoms with Gasteiger partial charge < -0.3 is 20.2 Å². The quantitative estimate of drug-likeness (QED) is 0.552. The van der Waals surface area contributed by atoms with E-state index in [-0.39, 0.29) is 17.6 Å². The van der Waals surface area contributed by atoms with Crippen LogP contribution in [0.5, 0.6) is 0 Å². The Kier molecular flexibility index (Phi) is 2.12. The Morgan fingerprint density at radius 3 is 2.71 bits per heavy atom. The Morgan fingerprint density at radius 1 is 1.57 bits per heavy atom. The van der Waals surface area contributed by atoms with Gasteiger partial charge in [0.1, 0.15) is 5.69 Å². The molecular weight excluding hydrogens is 184 g/mol. The fraction of sp³-hybridized carbons (Fsp3) is 0.500. The Bertz CT molecular complexity index is 390. The zero-order chi connectivity index (χ0) is 10.1. The van der Waals surface area contributed by atoms with Crippen LogP contribution in [0.1, 0.15) is 10.5 Å². The molecule has 0 radical (unpaired) electrons. The van der Waals surface area contributed by atoms with E-state index in [1.165, 1.54) is 6.20 Å². The first-order valence-electron chi connectivity index (χ1n) is 4.44. The van der Waals surface area contributed by atoms with Crippen molar-refractivity contribution in [3.8, 4) is 0 Å². The predicted octanol–water partition coefficient (Wildman–Crippen LogP) is -1.25. The Balaban J connectivity index is 2.10. The molecule has 1 saturated heterocycles. The molecule has 1 fully saturated rings. The van der Waals surface area contributed by atoms with Gasteiger partial charge in [0, 0.05) is 26.3 Å². The number of rotatable bonds is 2. The van der Waals surface area contributed by atoms with Gasteiger partial charge in [-0.3, -0.25) is 4.79 Å². The lowest BCUT2D eigenvalue weighted by atomic mass is 10.1. The van der Waals surface area contributed by atoms with Crippen molar-refractivity contribution in [1.29, 1.82) is 0 Å². The van der Waals surface area contributed by atoms with Crippen LogP contribution in [0.3, 0.4) is 0 Å². The molecule has 0 spiro atoms. The van der Waals surface area contributed by atoms with Crippen LogP contribution in [-0.2, 0) is 0 Å². The highest BCUT2D eigenvalue weighted by molar-refractivity contribution is 5.92. The highest BCUT2D eigenvalue weighted by Crippen LogP contribution is 2.05. The summed E-state index contributed by atoms with van der Waals surface area (Å²) in [5, 5.41) is 3.08. The molecule has 0 unspecified atom stereocenters. The van der Waals surface area contributed by atoms with Gasteiger partial charge in [-0.1, -0.05) is 0 Å². The van der Waals surface area contributed by atoms with Crippen LogP contribution in [0.2, 0.25) is 0 Å². The third-order valence-electron chi connectivity index (χ3n) is 2.45. The monoisotopic (exact) mass is 196 g/mol. The van der Waals surface area contributed by atoms with E-state index in [4.69, 9.17) is 0 Å². The van der Waals surface area contributed by atoms with Crippen molar-refractivity contribution < 1.29 is 4.79 Å². The van der Waals surface area contributed by atoms with Crippen molar-refractivity contribution in [2.45, 2.75) is 6.04 Å². The van der Waals surface area contributed by atoms with Crippen LogP contribution in [0.15, 0.2) is 11.0 Å². The molecule has 1 aromatic heterocycles.